The number of imide groups is 1. The van der Waals surface area contributed by atoms with Crippen LogP contribution in [0.25, 0.3) is 11.1 Å². The average Bonchev–Trinajstić information content (AvgIpc) is 3.59. The van der Waals surface area contributed by atoms with Crippen LogP contribution in [0.1, 0.15) is 28.8 Å². The number of alkyl halides is 3. The van der Waals surface area contributed by atoms with Gasteiger partial charge in [0.25, 0.3) is 5.91 Å². The first-order valence-electron chi connectivity index (χ1n) is 13.8. The molecule has 0 aromatic heterocycles. The van der Waals surface area contributed by atoms with E-state index in [1.165, 1.54) is 52.3 Å². The fourth-order valence-corrected chi connectivity index (χ4v) is 6.64. The van der Waals surface area contributed by atoms with Gasteiger partial charge in [-0.2, -0.15) is 13.2 Å². The van der Waals surface area contributed by atoms with Crippen molar-refractivity contribution in [3.8, 4) is 11.1 Å². The lowest BCUT2D eigenvalue weighted by Crippen LogP contribution is -2.74. The summed E-state index contributed by atoms with van der Waals surface area (Å²) < 4.78 is 40.5. The molecule has 2 aromatic rings. The van der Waals surface area contributed by atoms with Gasteiger partial charge in [0.15, 0.2) is 17.6 Å². The number of carbonyl (C=O) groups is 3. The zero-order valence-corrected chi connectivity index (χ0v) is 23.1. The molecule has 16 heteroatoms. The van der Waals surface area contributed by atoms with E-state index >= 15 is 0 Å². The lowest BCUT2D eigenvalue weighted by molar-refractivity contribution is -0.139. The van der Waals surface area contributed by atoms with Crippen LogP contribution in [0.5, 0.6) is 0 Å². The van der Waals surface area contributed by atoms with Crippen molar-refractivity contribution in [2.24, 2.45) is 21.5 Å². The van der Waals surface area contributed by atoms with E-state index in [4.69, 9.17) is 11.5 Å². The zero-order valence-electron chi connectivity index (χ0n) is 23.1. The van der Waals surface area contributed by atoms with Gasteiger partial charge in [-0.05, 0) is 29.3 Å². The second-order valence-electron chi connectivity index (χ2n) is 11.0. The Bertz CT molecular complexity index is 1570. The normalized spacial score (nSPS) is 28.2. The highest BCUT2D eigenvalue weighted by molar-refractivity contribution is 6.02. The predicted octanol–water partition coefficient (Wildman–Crippen LogP) is -0.362. The Morgan fingerprint density at radius 3 is 2.32 bits per heavy atom. The number of halogens is 3. The highest BCUT2D eigenvalue weighted by Crippen LogP contribution is 2.45. The first-order valence-corrected chi connectivity index (χ1v) is 13.8. The summed E-state index contributed by atoms with van der Waals surface area (Å²) >= 11 is 0. The van der Waals surface area contributed by atoms with Gasteiger partial charge >= 0.3 is 6.18 Å². The Morgan fingerprint density at radius 2 is 1.68 bits per heavy atom. The summed E-state index contributed by atoms with van der Waals surface area (Å²) in [7, 11) is 0. The van der Waals surface area contributed by atoms with Crippen LogP contribution in [0.2, 0.25) is 0 Å². The Morgan fingerprint density at radius 1 is 1.02 bits per heavy atom. The number of aliphatic imine (C=N–C) groups is 2. The number of aliphatic hydroxyl groups is 2. The lowest BCUT2D eigenvalue weighted by atomic mass is 9.86. The fourth-order valence-electron chi connectivity index (χ4n) is 6.64. The predicted molar refractivity (Wildman–Crippen MR) is 149 cm³/mol. The molecule has 4 aliphatic heterocycles. The molecule has 2 fully saturated rings. The Balaban J connectivity index is 1.26. The molecular weight excluding hydrogens is 585 g/mol. The molecule has 3 unspecified atom stereocenters. The number of aliphatic hydroxyl groups excluding tert-OH is 2. The number of guanidine groups is 2. The van der Waals surface area contributed by atoms with Gasteiger partial charge in [0, 0.05) is 24.9 Å². The molecule has 4 heterocycles. The molecule has 0 saturated carbocycles. The van der Waals surface area contributed by atoms with Gasteiger partial charge in [-0.15, -0.1) is 0 Å². The van der Waals surface area contributed by atoms with Crippen molar-refractivity contribution in [1.29, 1.82) is 0 Å². The van der Waals surface area contributed by atoms with Crippen molar-refractivity contribution in [2.75, 3.05) is 19.8 Å². The molecule has 232 valence electrons. The molecular formula is C28H29F3N8O5. The molecule has 5 atom stereocenters. The van der Waals surface area contributed by atoms with Crippen LogP contribution in [0.15, 0.2) is 58.5 Å². The third-order valence-corrected chi connectivity index (χ3v) is 8.66. The van der Waals surface area contributed by atoms with E-state index in [1.54, 1.807) is 0 Å². The van der Waals surface area contributed by atoms with Gasteiger partial charge in [0.2, 0.25) is 11.8 Å². The quantitative estimate of drug-likeness (QED) is 0.271. The summed E-state index contributed by atoms with van der Waals surface area (Å²) in [6, 6.07) is 7.79. The standard InChI is InChI=1S/C28H29F3N8O5/c29-28(30,31)17-4-2-1-3-16(17)14-5-7-15(8-6-14)24(44)34-19-12-38-25(32)35-18(11-37-20(41)9-10-21(37)42)22-27(38,23(19)43)39(13-40)26(33)36-22/h1-8,18-19,22-23,40,43H,9-13H2,(H2,32,35)(H2,33,36)(H,34,44)/t18-,19?,22?,23+,27?/m0/s1. The van der Waals surface area contributed by atoms with Crippen molar-refractivity contribution in [1.82, 2.24) is 20.0 Å². The summed E-state index contributed by atoms with van der Waals surface area (Å²) in [6.45, 7) is -0.909. The van der Waals surface area contributed by atoms with E-state index in [9.17, 15) is 37.8 Å². The molecule has 44 heavy (non-hydrogen) atoms. The third kappa shape index (κ3) is 4.43. The topological polar surface area (TPSA) is 190 Å². The number of hydrogen-bond donors (Lipinski definition) is 5. The van der Waals surface area contributed by atoms with Crippen LogP contribution in [-0.4, -0.2) is 104 Å². The van der Waals surface area contributed by atoms with Crippen LogP contribution in [0.3, 0.4) is 0 Å². The number of amides is 3. The number of nitrogens with two attached hydrogens (primary N) is 2. The van der Waals surface area contributed by atoms with Crippen molar-refractivity contribution in [3.63, 3.8) is 0 Å². The van der Waals surface area contributed by atoms with E-state index < -0.39 is 54.3 Å². The molecule has 0 bridgehead atoms. The van der Waals surface area contributed by atoms with Gasteiger partial charge in [0.05, 0.1) is 24.2 Å². The number of nitrogens with one attached hydrogen (secondary N) is 1. The molecule has 0 radical (unpaired) electrons. The number of benzene rings is 2. The molecule has 13 nitrogen and oxygen atoms in total. The first kappa shape index (κ1) is 29.4. The highest BCUT2D eigenvalue weighted by atomic mass is 19.4. The van der Waals surface area contributed by atoms with E-state index in [0.29, 0.717) is 0 Å². The van der Waals surface area contributed by atoms with E-state index in [2.05, 4.69) is 15.3 Å². The third-order valence-electron chi connectivity index (χ3n) is 8.66. The maximum Gasteiger partial charge on any atom is 0.417 e. The second-order valence-corrected chi connectivity index (χ2v) is 11.0. The minimum atomic E-state index is -4.56. The van der Waals surface area contributed by atoms with E-state index in [0.717, 1.165) is 11.0 Å². The molecule has 2 aromatic carbocycles. The molecule has 1 spiro atoms. The number of rotatable bonds is 6. The SMILES string of the molecule is NC1=NC2[C@H](CN3C(=O)CCC3=O)N=C(N)N3CC(NC(=O)c4ccc(-c5ccccc5C(F)(F)F)cc4)[C@@H](O)C23N1CO. The maximum absolute atomic E-state index is 13.5. The van der Waals surface area contributed by atoms with Crippen LogP contribution in [0, 0.1) is 0 Å². The summed E-state index contributed by atoms with van der Waals surface area (Å²) in [5.41, 5.74) is 10.4. The molecule has 7 N–H and O–H groups in total. The summed E-state index contributed by atoms with van der Waals surface area (Å²) in [4.78, 5) is 50.7. The number of carbonyl (C=O) groups excluding carboxylic acids is 3. The van der Waals surface area contributed by atoms with Crippen molar-refractivity contribution in [2.45, 2.75) is 48.9 Å². The van der Waals surface area contributed by atoms with Gasteiger partial charge in [-0.3, -0.25) is 24.2 Å². The number of hydrogen-bond acceptors (Lipinski definition) is 11. The van der Waals surface area contributed by atoms with Crippen LogP contribution in [0.4, 0.5) is 13.2 Å². The molecule has 4 aliphatic rings. The lowest BCUT2D eigenvalue weighted by Gasteiger charge is -2.50. The molecule has 0 aliphatic carbocycles. The number of likely N-dealkylation sites (tertiary alicyclic amines) is 1. The van der Waals surface area contributed by atoms with Crippen molar-refractivity contribution >= 4 is 29.6 Å². The second kappa shape index (κ2) is 10.5. The van der Waals surface area contributed by atoms with Crippen molar-refractivity contribution in [3.05, 3.63) is 59.7 Å². The number of nitrogens with zero attached hydrogens (tertiary/aromatic N) is 5. The highest BCUT2D eigenvalue weighted by Gasteiger charge is 2.69. The molecule has 6 rings (SSSR count). The monoisotopic (exact) mass is 614 g/mol. The summed E-state index contributed by atoms with van der Waals surface area (Å²) in [6.07, 6.45) is -5.89. The van der Waals surface area contributed by atoms with Gasteiger partial charge in [0.1, 0.15) is 18.9 Å². The zero-order chi connectivity index (χ0) is 31.6. The molecule has 2 saturated heterocycles. The summed E-state index contributed by atoms with van der Waals surface area (Å²) in [5, 5.41) is 24.8. The fraction of sp³-hybridized carbons (Fsp3) is 0.393. The average molecular weight is 615 g/mol. The minimum absolute atomic E-state index is 0.0373. The smallest absolute Gasteiger partial charge is 0.386 e. The van der Waals surface area contributed by atoms with Gasteiger partial charge in [-0.25, -0.2) is 9.98 Å². The Kier molecular flexibility index (Phi) is 7.00. The minimum Gasteiger partial charge on any atom is -0.386 e. The van der Waals surface area contributed by atoms with Crippen molar-refractivity contribution < 1.29 is 37.8 Å². The Labute approximate surface area is 248 Å². The molecule has 3 amide bonds. The van der Waals surface area contributed by atoms with Gasteiger partial charge in [-0.1, -0.05) is 30.3 Å². The van der Waals surface area contributed by atoms with Crippen LogP contribution < -0.4 is 16.8 Å². The van der Waals surface area contributed by atoms with E-state index in [-0.39, 0.29) is 66.4 Å². The first-order chi connectivity index (χ1) is 20.9. The van der Waals surface area contributed by atoms with E-state index in [1.807, 2.05) is 0 Å². The Hall–Kier alpha value is -4.70. The van der Waals surface area contributed by atoms with Gasteiger partial charge < -0.3 is 31.9 Å². The largest absolute Gasteiger partial charge is 0.417 e. The maximum atomic E-state index is 13.5. The van der Waals surface area contributed by atoms with Crippen LogP contribution in [-0.2, 0) is 15.8 Å². The summed E-state index contributed by atoms with van der Waals surface area (Å²) in [5.74, 6) is -1.58. The van der Waals surface area contributed by atoms with Crippen LogP contribution >= 0.6 is 0 Å².